The number of hydrogen-bond acceptors (Lipinski definition) is 3. The third-order valence-corrected chi connectivity index (χ3v) is 5.02. The lowest BCUT2D eigenvalue weighted by Gasteiger charge is -2.32. The van der Waals surface area contributed by atoms with Crippen LogP contribution in [0.5, 0.6) is 0 Å². The van der Waals surface area contributed by atoms with Gasteiger partial charge in [0.15, 0.2) is 0 Å². The molecule has 2 saturated carbocycles. The van der Waals surface area contributed by atoms with Crippen molar-refractivity contribution in [2.75, 3.05) is 20.1 Å². The van der Waals surface area contributed by atoms with Gasteiger partial charge in [0.05, 0.1) is 6.10 Å². The standard InChI is InChI=1S/C16H32N2O/c1-18(14-8-3-2-4-9-14)13-7-12-17-15-10-5-6-11-16(15)19/h14-17,19H,2-13H2,1H3/t15-,16-/m0/s1. The molecule has 2 fully saturated rings. The van der Waals surface area contributed by atoms with Crippen LogP contribution >= 0.6 is 0 Å². The first-order valence-corrected chi connectivity index (χ1v) is 8.39. The largest absolute Gasteiger partial charge is 0.392 e. The molecule has 0 saturated heterocycles. The zero-order valence-corrected chi connectivity index (χ0v) is 12.6. The summed E-state index contributed by atoms with van der Waals surface area (Å²) in [7, 11) is 2.28. The van der Waals surface area contributed by atoms with Gasteiger partial charge in [-0.05, 0) is 52.2 Å². The van der Waals surface area contributed by atoms with Crippen molar-refractivity contribution < 1.29 is 5.11 Å². The van der Waals surface area contributed by atoms with Gasteiger partial charge in [-0.2, -0.15) is 0 Å². The second-order valence-corrected chi connectivity index (χ2v) is 6.54. The van der Waals surface area contributed by atoms with E-state index in [9.17, 15) is 5.11 Å². The Morgan fingerprint density at radius 2 is 1.68 bits per heavy atom. The molecule has 0 bridgehead atoms. The molecular weight excluding hydrogens is 236 g/mol. The summed E-state index contributed by atoms with van der Waals surface area (Å²) in [5.74, 6) is 0. The van der Waals surface area contributed by atoms with Gasteiger partial charge in [0.2, 0.25) is 0 Å². The van der Waals surface area contributed by atoms with E-state index in [4.69, 9.17) is 0 Å². The van der Waals surface area contributed by atoms with Gasteiger partial charge in [-0.25, -0.2) is 0 Å². The highest BCUT2D eigenvalue weighted by Gasteiger charge is 2.22. The Hall–Kier alpha value is -0.120. The maximum Gasteiger partial charge on any atom is 0.0693 e. The lowest BCUT2D eigenvalue weighted by Crippen LogP contribution is -2.43. The van der Waals surface area contributed by atoms with Gasteiger partial charge in [-0.3, -0.25) is 0 Å². The fourth-order valence-corrected chi connectivity index (χ4v) is 3.67. The van der Waals surface area contributed by atoms with Crippen molar-refractivity contribution in [2.45, 2.75) is 82.4 Å². The van der Waals surface area contributed by atoms with Crippen molar-refractivity contribution in [3.63, 3.8) is 0 Å². The maximum atomic E-state index is 9.91. The molecule has 112 valence electrons. The molecule has 0 heterocycles. The molecule has 0 aromatic rings. The average Bonchev–Trinajstić information content (AvgIpc) is 2.46. The number of hydrogen-bond donors (Lipinski definition) is 2. The molecule has 0 spiro atoms. The predicted octanol–water partition coefficient (Wildman–Crippen LogP) is 2.53. The van der Waals surface area contributed by atoms with Gasteiger partial charge in [0.25, 0.3) is 0 Å². The van der Waals surface area contributed by atoms with Crippen LogP contribution in [0.2, 0.25) is 0 Å². The van der Waals surface area contributed by atoms with E-state index in [1.807, 2.05) is 0 Å². The summed E-state index contributed by atoms with van der Waals surface area (Å²) < 4.78 is 0. The Morgan fingerprint density at radius 3 is 2.42 bits per heavy atom. The molecule has 0 aliphatic heterocycles. The van der Waals surface area contributed by atoms with Crippen molar-refractivity contribution in [3.8, 4) is 0 Å². The average molecular weight is 268 g/mol. The van der Waals surface area contributed by atoms with Crippen LogP contribution in [0.1, 0.15) is 64.2 Å². The molecule has 0 aromatic carbocycles. The van der Waals surface area contributed by atoms with E-state index < -0.39 is 0 Å². The molecule has 0 amide bonds. The summed E-state index contributed by atoms with van der Waals surface area (Å²) in [6.07, 6.45) is 12.8. The molecule has 0 unspecified atom stereocenters. The predicted molar refractivity (Wildman–Crippen MR) is 80.4 cm³/mol. The fraction of sp³-hybridized carbons (Fsp3) is 1.00. The van der Waals surface area contributed by atoms with Crippen molar-refractivity contribution in [1.82, 2.24) is 10.2 Å². The Kier molecular flexibility index (Phi) is 6.62. The summed E-state index contributed by atoms with van der Waals surface area (Å²) in [6.45, 7) is 2.25. The number of nitrogens with zero attached hydrogens (tertiary/aromatic N) is 1. The molecule has 2 aliphatic carbocycles. The van der Waals surface area contributed by atoms with Gasteiger partial charge >= 0.3 is 0 Å². The molecule has 2 aliphatic rings. The molecule has 3 nitrogen and oxygen atoms in total. The third kappa shape index (κ3) is 5.05. The minimum Gasteiger partial charge on any atom is -0.392 e. The van der Waals surface area contributed by atoms with Crippen LogP contribution in [0, 0.1) is 0 Å². The van der Waals surface area contributed by atoms with Crippen LogP contribution in [0.15, 0.2) is 0 Å². The van der Waals surface area contributed by atoms with Gasteiger partial charge < -0.3 is 15.3 Å². The van der Waals surface area contributed by atoms with E-state index in [2.05, 4.69) is 17.3 Å². The van der Waals surface area contributed by atoms with Crippen LogP contribution in [-0.4, -0.2) is 48.3 Å². The summed E-state index contributed by atoms with van der Waals surface area (Å²) in [6, 6.07) is 1.18. The smallest absolute Gasteiger partial charge is 0.0693 e. The quantitative estimate of drug-likeness (QED) is 0.727. The van der Waals surface area contributed by atoms with Gasteiger partial charge in [-0.1, -0.05) is 32.1 Å². The topological polar surface area (TPSA) is 35.5 Å². The second kappa shape index (κ2) is 8.23. The van der Waals surface area contributed by atoms with Crippen molar-refractivity contribution >= 4 is 0 Å². The summed E-state index contributed by atoms with van der Waals surface area (Å²) in [5, 5.41) is 13.5. The zero-order chi connectivity index (χ0) is 13.5. The van der Waals surface area contributed by atoms with E-state index in [1.54, 1.807) is 0 Å². The Labute approximate surface area is 118 Å². The lowest BCUT2D eigenvalue weighted by molar-refractivity contribution is 0.0901. The van der Waals surface area contributed by atoms with Crippen LogP contribution in [-0.2, 0) is 0 Å². The molecule has 2 rings (SSSR count). The van der Waals surface area contributed by atoms with Gasteiger partial charge in [0.1, 0.15) is 0 Å². The zero-order valence-electron chi connectivity index (χ0n) is 12.6. The maximum absolute atomic E-state index is 9.91. The number of rotatable bonds is 6. The first kappa shape index (κ1) is 15.3. The second-order valence-electron chi connectivity index (χ2n) is 6.54. The van der Waals surface area contributed by atoms with Gasteiger partial charge in [0, 0.05) is 12.1 Å². The Morgan fingerprint density at radius 1 is 1.00 bits per heavy atom. The van der Waals surface area contributed by atoms with Crippen LogP contribution in [0.4, 0.5) is 0 Å². The van der Waals surface area contributed by atoms with Gasteiger partial charge in [-0.15, -0.1) is 0 Å². The van der Waals surface area contributed by atoms with E-state index in [-0.39, 0.29) is 6.10 Å². The normalized spacial score (nSPS) is 29.8. The molecule has 0 radical (unpaired) electrons. The van der Waals surface area contributed by atoms with E-state index in [1.165, 1.54) is 57.9 Å². The minimum atomic E-state index is -0.107. The van der Waals surface area contributed by atoms with Crippen molar-refractivity contribution in [3.05, 3.63) is 0 Å². The SMILES string of the molecule is CN(CCCN[C@H]1CCCC[C@@H]1O)C1CCCCC1. The van der Waals surface area contributed by atoms with Crippen LogP contribution in [0.25, 0.3) is 0 Å². The fourth-order valence-electron chi connectivity index (χ4n) is 3.67. The first-order valence-electron chi connectivity index (χ1n) is 8.39. The molecule has 2 atom stereocenters. The third-order valence-electron chi connectivity index (χ3n) is 5.02. The molecule has 2 N–H and O–H groups in total. The van der Waals surface area contributed by atoms with Crippen molar-refractivity contribution in [2.24, 2.45) is 0 Å². The molecule has 0 aromatic heterocycles. The monoisotopic (exact) mass is 268 g/mol. The van der Waals surface area contributed by atoms with E-state index >= 15 is 0 Å². The Bertz CT molecular complexity index is 241. The summed E-state index contributed by atoms with van der Waals surface area (Å²) in [5.41, 5.74) is 0. The van der Waals surface area contributed by atoms with Crippen molar-refractivity contribution in [1.29, 1.82) is 0 Å². The number of nitrogens with one attached hydrogen (secondary N) is 1. The first-order chi connectivity index (χ1) is 9.27. The number of aliphatic hydroxyl groups is 1. The summed E-state index contributed by atoms with van der Waals surface area (Å²) >= 11 is 0. The van der Waals surface area contributed by atoms with E-state index in [0.29, 0.717) is 6.04 Å². The molecular formula is C16H32N2O. The summed E-state index contributed by atoms with van der Waals surface area (Å²) in [4.78, 5) is 2.55. The van der Waals surface area contributed by atoms with Crippen LogP contribution < -0.4 is 5.32 Å². The molecule has 19 heavy (non-hydrogen) atoms. The lowest BCUT2D eigenvalue weighted by atomic mass is 9.92. The molecule has 3 heteroatoms. The highest BCUT2D eigenvalue weighted by molar-refractivity contribution is 4.80. The van der Waals surface area contributed by atoms with Crippen LogP contribution in [0.3, 0.4) is 0 Å². The number of aliphatic hydroxyl groups excluding tert-OH is 1. The Balaban J connectivity index is 1.55. The van der Waals surface area contributed by atoms with E-state index in [0.717, 1.165) is 25.4 Å². The highest BCUT2D eigenvalue weighted by atomic mass is 16.3. The minimum absolute atomic E-state index is 0.107. The highest BCUT2D eigenvalue weighted by Crippen LogP contribution is 2.21.